The van der Waals surface area contributed by atoms with E-state index in [1.54, 1.807) is 18.4 Å². The van der Waals surface area contributed by atoms with Gasteiger partial charge in [0.15, 0.2) is 15.8 Å². The summed E-state index contributed by atoms with van der Waals surface area (Å²) >= 11 is 1.71. The Kier molecular flexibility index (Phi) is 9.63. The van der Waals surface area contributed by atoms with Crippen molar-refractivity contribution in [3.8, 4) is 0 Å². The van der Waals surface area contributed by atoms with Crippen molar-refractivity contribution in [3.63, 3.8) is 0 Å². The highest BCUT2D eigenvalue weighted by atomic mass is 127. The van der Waals surface area contributed by atoms with Crippen molar-refractivity contribution in [2.45, 2.75) is 25.1 Å². The fraction of sp³-hybridized carbons (Fsp3) is 0.333. The number of rotatable bonds is 8. The molecule has 0 bridgehead atoms. The maximum atomic E-state index is 13.6. The standard InChI is InChI=1S/C21H25FN4O2S2.HI/c1-23-21(24-11-5-8-20-26-18-6-3-4-7-19(18)29-20)25-13-16-12-17(22)10-9-15(16)14-30(2,27)28;/h3-4,6-7,9-10,12H,5,8,11,13-14H2,1-2H3,(H2,23,24,25);1H. The van der Waals surface area contributed by atoms with E-state index < -0.39 is 15.7 Å². The highest BCUT2D eigenvalue weighted by Crippen LogP contribution is 2.22. The van der Waals surface area contributed by atoms with E-state index in [1.807, 2.05) is 18.2 Å². The minimum absolute atomic E-state index is 0. The summed E-state index contributed by atoms with van der Waals surface area (Å²) in [6.07, 6.45) is 2.92. The van der Waals surface area contributed by atoms with Crippen LogP contribution in [0, 0.1) is 5.82 Å². The van der Waals surface area contributed by atoms with Gasteiger partial charge in [0.1, 0.15) is 5.82 Å². The van der Waals surface area contributed by atoms with Crippen molar-refractivity contribution in [2.75, 3.05) is 19.8 Å². The Balaban J connectivity index is 0.00000341. The molecule has 0 fully saturated rings. The predicted octanol–water partition coefficient (Wildman–Crippen LogP) is 3.90. The molecule has 0 atom stereocenters. The van der Waals surface area contributed by atoms with Gasteiger partial charge in [0.05, 0.1) is 21.0 Å². The van der Waals surface area contributed by atoms with Crippen LogP contribution in [-0.2, 0) is 28.6 Å². The van der Waals surface area contributed by atoms with Crippen LogP contribution in [0.1, 0.15) is 22.6 Å². The maximum Gasteiger partial charge on any atom is 0.191 e. The average Bonchev–Trinajstić information content (AvgIpc) is 3.11. The average molecular weight is 577 g/mol. The van der Waals surface area contributed by atoms with Crippen LogP contribution in [0.2, 0.25) is 0 Å². The zero-order valence-corrected chi connectivity index (χ0v) is 21.4. The van der Waals surface area contributed by atoms with Gasteiger partial charge in [-0.1, -0.05) is 18.2 Å². The molecular weight excluding hydrogens is 550 g/mol. The fourth-order valence-corrected chi connectivity index (χ4v) is 4.91. The van der Waals surface area contributed by atoms with Crippen LogP contribution in [0.15, 0.2) is 47.5 Å². The van der Waals surface area contributed by atoms with Gasteiger partial charge in [-0.05, 0) is 41.8 Å². The second-order valence-corrected chi connectivity index (χ2v) is 10.3. The van der Waals surface area contributed by atoms with E-state index in [4.69, 9.17) is 0 Å². The smallest absolute Gasteiger partial charge is 0.191 e. The monoisotopic (exact) mass is 576 g/mol. The lowest BCUT2D eigenvalue weighted by molar-refractivity contribution is 0.599. The van der Waals surface area contributed by atoms with Crippen molar-refractivity contribution < 1.29 is 12.8 Å². The molecule has 1 aromatic heterocycles. The number of guanidine groups is 1. The van der Waals surface area contributed by atoms with Crippen molar-refractivity contribution in [1.29, 1.82) is 0 Å². The van der Waals surface area contributed by atoms with Crippen LogP contribution in [0.3, 0.4) is 0 Å². The number of benzene rings is 2. The second-order valence-electron chi connectivity index (χ2n) is 7.01. The van der Waals surface area contributed by atoms with Gasteiger partial charge in [-0.15, -0.1) is 35.3 Å². The number of hydrogen-bond acceptors (Lipinski definition) is 5. The van der Waals surface area contributed by atoms with Crippen molar-refractivity contribution in [1.82, 2.24) is 15.6 Å². The largest absolute Gasteiger partial charge is 0.356 e. The molecule has 1 heterocycles. The predicted molar refractivity (Wildman–Crippen MR) is 137 cm³/mol. The number of hydrogen-bond donors (Lipinski definition) is 2. The van der Waals surface area contributed by atoms with E-state index in [0.717, 1.165) is 23.4 Å². The summed E-state index contributed by atoms with van der Waals surface area (Å²) in [5.74, 6) is 0.0510. The molecule has 0 aliphatic heterocycles. The Bertz CT molecular complexity index is 1120. The Morgan fingerprint density at radius 2 is 1.94 bits per heavy atom. The Morgan fingerprint density at radius 1 is 1.16 bits per heavy atom. The third-order valence-electron chi connectivity index (χ3n) is 4.45. The first kappa shape index (κ1) is 25.5. The summed E-state index contributed by atoms with van der Waals surface area (Å²) in [5, 5.41) is 7.46. The molecule has 168 valence electrons. The Morgan fingerprint density at radius 3 is 2.65 bits per heavy atom. The number of sulfone groups is 1. The fourth-order valence-electron chi connectivity index (χ4n) is 3.06. The normalized spacial score (nSPS) is 11.9. The molecular formula is C21H26FIN4O2S2. The van der Waals surface area contributed by atoms with Gasteiger partial charge in [-0.25, -0.2) is 17.8 Å². The third-order valence-corrected chi connectivity index (χ3v) is 6.39. The molecule has 0 aliphatic carbocycles. The van der Waals surface area contributed by atoms with Crippen molar-refractivity contribution >= 4 is 61.3 Å². The molecule has 6 nitrogen and oxygen atoms in total. The number of fused-ring (bicyclic) bond motifs is 1. The lowest BCUT2D eigenvalue weighted by Crippen LogP contribution is -2.37. The molecule has 0 unspecified atom stereocenters. The summed E-state index contributed by atoms with van der Waals surface area (Å²) in [4.78, 5) is 8.81. The number of nitrogens with one attached hydrogen (secondary N) is 2. The summed E-state index contributed by atoms with van der Waals surface area (Å²) in [5.41, 5.74) is 2.21. The zero-order chi connectivity index (χ0) is 21.6. The lowest BCUT2D eigenvalue weighted by atomic mass is 10.1. The van der Waals surface area contributed by atoms with Crippen LogP contribution in [0.5, 0.6) is 0 Å². The molecule has 0 saturated heterocycles. The molecule has 0 spiro atoms. The topological polar surface area (TPSA) is 83.4 Å². The highest BCUT2D eigenvalue weighted by Gasteiger charge is 2.11. The first-order valence-electron chi connectivity index (χ1n) is 9.58. The number of aromatic nitrogens is 1. The summed E-state index contributed by atoms with van der Waals surface area (Å²) in [7, 11) is -1.55. The molecule has 3 aromatic rings. The zero-order valence-electron chi connectivity index (χ0n) is 17.4. The number of halogens is 2. The number of thiazole rings is 1. The minimum Gasteiger partial charge on any atom is -0.356 e. The third kappa shape index (κ3) is 8.00. The van der Waals surface area contributed by atoms with E-state index in [2.05, 4.69) is 26.7 Å². The van der Waals surface area contributed by atoms with Gasteiger partial charge in [-0.2, -0.15) is 0 Å². The van der Waals surface area contributed by atoms with Gasteiger partial charge in [0.2, 0.25) is 0 Å². The summed E-state index contributed by atoms with van der Waals surface area (Å²) < 4.78 is 38.1. The van der Waals surface area contributed by atoms with Gasteiger partial charge in [-0.3, -0.25) is 4.99 Å². The van der Waals surface area contributed by atoms with E-state index in [9.17, 15) is 12.8 Å². The van der Waals surface area contributed by atoms with Gasteiger partial charge >= 0.3 is 0 Å². The Labute approximate surface area is 203 Å². The van der Waals surface area contributed by atoms with Crippen molar-refractivity contribution in [3.05, 3.63) is 64.4 Å². The van der Waals surface area contributed by atoms with Crippen molar-refractivity contribution in [2.24, 2.45) is 4.99 Å². The molecule has 2 N–H and O–H groups in total. The molecule has 3 rings (SSSR count). The molecule has 0 aliphatic rings. The first-order valence-corrected chi connectivity index (χ1v) is 12.5. The quantitative estimate of drug-likeness (QED) is 0.184. The van der Waals surface area contributed by atoms with Crippen LogP contribution in [0.4, 0.5) is 4.39 Å². The molecule has 0 saturated carbocycles. The van der Waals surface area contributed by atoms with Gasteiger partial charge in [0, 0.05) is 32.8 Å². The number of nitrogens with zero attached hydrogens (tertiary/aromatic N) is 2. The number of para-hydroxylation sites is 1. The van der Waals surface area contributed by atoms with E-state index in [-0.39, 0.29) is 36.3 Å². The van der Waals surface area contributed by atoms with E-state index in [0.29, 0.717) is 23.6 Å². The molecule has 0 amide bonds. The second kappa shape index (κ2) is 11.7. The van der Waals surface area contributed by atoms with Crippen LogP contribution >= 0.6 is 35.3 Å². The van der Waals surface area contributed by atoms with Crippen LogP contribution in [-0.4, -0.2) is 39.2 Å². The van der Waals surface area contributed by atoms with Gasteiger partial charge in [0.25, 0.3) is 0 Å². The molecule has 2 aromatic carbocycles. The number of aliphatic imine (C=N–C) groups is 1. The summed E-state index contributed by atoms with van der Waals surface area (Å²) in [6.45, 7) is 0.981. The molecule has 0 radical (unpaired) electrons. The lowest BCUT2D eigenvalue weighted by Gasteiger charge is -2.14. The van der Waals surface area contributed by atoms with Gasteiger partial charge < -0.3 is 10.6 Å². The van der Waals surface area contributed by atoms with Crippen LogP contribution < -0.4 is 10.6 Å². The number of aryl methyl sites for hydroxylation is 1. The van der Waals surface area contributed by atoms with E-state index >= 15 is 0 Å². The minimum atomic E-state index is -3.21. The molecule has 10 heteroatoms. The van der Waals surface area contributed by atoms with Crippen LogP contribution in [0.25, 0.3) is 10.2 Å². The summed E-state index contributed by atoms with van der Waals surface area (Å²) in [6, 6.07) is 12.2. The maximum absolute atomic E-state index is 13.6. The Hall–Kier alpha value is -1.79. The SMILES string of the molecule is CN=C(NCCCc1nc2ccccc2s1)NCc1cc(F)ccc1CS(C)(=O)=O.I. The molecule has 31 heavy (non-hydrogen) atoms. The van der Waals surface area contributed by atoms with E-state index in [1.165, 1.54) is 29.2 Å². The highest BCUT2D eigenvalue weighted by molar-refractivity contribution is 14.0. The first-order chi connectivity index (χ1) is 14.3.